The molecule has 4 rings (SSSR count). The molecule has 1 fully saturated rings. The average molecular weight is 322 g/mol. The van der Waals surface area contributed by atoms with Crippen LogP contribution in [0, 0.1) is 5.92 Å². The first-order chi connectivity index (χ1) is 11.7. The van der Waals surface area contributed by atoms with Crippen LogP contribution in [0.4, 0.5) is 0 Å². The maximum atomic E-state index is 12.2. The van der Waals surface area contributed by atoms with Gasteiger partial charge in [0.05, 0.1) is 17.8 Å². The predicted molar refractivity (Wildman–Crippen MR) is 87.4 cm³/mol. The standard InChI is InChI=1S/C18H18N4O2/c1-21-11-14(10-20-21)16-9-17(16)18(23)24-12-13-3-5-15(6-4-13)22-8-2-7-19-22/h2-8,10-11,16-17H,9,12H2,1H3/t16-,17+/m1/s1. The van der Waals surface area contributed by atoms with E-state index in [1.807, 2.05) is 56.0 Å². The van der Waals surface area contributed by atoms with Crippen LogP contribution in [0.15, 0.2) is 55.1 Å². The first-order valence-electron chi connectivity index (χ1n) is 7.95. The number of esters is 1. The molecule has 0 saturated heterocycles. The topological polar surface area (TPSA) is 61.9 Å². The van der Waals surface area contributed by atoms with Crippen LogP contribution >= 0.6 is 0 Å². The molecule has 1 aromatic carbocycles. The Morgan fingerprint density at radius 3 is 2.79 bits per heavy atom. The number of nitrogens with zero attached hydrogens (tertiary/aromatic N) is 4. The van der Waals surface area contributed by atoms with Crippen molar-refractivity contribution in [2.24, 2.45) is 13.0 Å². The zero-order valence-corrected chi connectivity index (χ0v) is 13.4. The van der Waals surface area contributed by atoms with Gasteiger partial charge in [0, 0.05) is 31.6 Å². The highest BCUT2D eigenvalue weighted by Gasteiger charge is 2.45. The summed E-state index contributed by atoms with van der Waals surface area (Å²) < 4.78 is 9.00. The Kier molecular flexibility index (Phi) is 3.65. The Morgan fingerprint density at radius 1 is 1.29 bits per heavy atom. The lowest BCUT2D eigenvalue weighted by molar-refractivity contribution is -0.146. The molecule has 0 bridgehead atoms. The molecule has 0 radical (unpaired) electrons. The van der Waals surface area contributed by atoms with Crippen LogP contribution in [0.1, 0.15) is 23.5 Å². The molecule has 6 nitrogen and oxygen atoms in total. The van der Waals surface area contributed by atoms with E-state index in [1.54, 1.807) is 15.6 Å². The van der Waals surface area contributed by atoms with Gasteiger partial charge >= 0.3 is 5.97 Å². The van der Waals surface area contributed by atoms with Crippen LogP contribution < -0.4 is 0 Å². The Bertz CT molecular complexity index is 836. The highest BCUT2D eigenvalue weighted by atomic mass is 16.5. The molecule has 1 aliphatic rings. The van der Waals surface area contributed by atoms with Gasteiger partial charge in [0.1, 0.15) is 6.61 Å². The highest BCUT2D eigenvalue weighted by Crippen LogP contribution is 2.48. The van der Waals surface area contributed by atoms with E-state index < -0.39 is 0 Å². The van der Waals surface area contributed by atoms with Crippen LogP contribution in [0.2, 0.25) is 0 Å². The molecule has 2 heterocycles. The molecule has 24 heavy (non-hydrogen) atoms. The molecule has 0 N–H and O–H groups in total. The Labute approximate surface area is 139 Å². The van der Waals surface area contributed by atoms with Gasteiger partial charge in [-0.15, -0.1) is 0 Å². The second-order valence-electron chi connectivity index (χ2n) is 6.12. The number of hydrogen-bond acceptors (Lipinski definition) is 4. The Hall–Kier alpha value is -2.89. The molecular formula is C18H18N4O2. The maximum absolute atomic E-state index is 12.2. The van der Waals surface area contributed by atoms with E-state index in [2.05, 4.69) is 10.2 Å². The van der Waals surface area contributed by atoms with Crippen molar-refractivity contribution >= 4 is 5.97 Å². The number of carbonyl (C=O) groups is 1. The lowest BCUT2D eigenvalue weighted by Gasteiger charge is -2.06. The van der Waals surface area contributed by atoms with Crippen LogP contribution in [0.5, 0.6) is 0 Å². The SMILES string of the molecule is Cn1cc([C@H]2C[C@@H]2C(=O)OCc2ccc(-n3cccn3)cc2)cn1. The van der Waals surface area contributed by atoms with Gasteiger partial charge in [0.25, 0.3) is 0 Å². The summed E-state index contributed by atoms with van der Waals surface area (Å²) in [4.78, 5) is 12.2. The zero-order chi connectivity index (χ0) is 16.5. The monoisotopic (exact) mass is 322 g/mol. The van der Waals surface area contributed by atoms with Crippen LogP contribution in [0.25, 0.3) is 5.69 Å². The van der Waals surface area contributed by atoms with Crippen molar-refractivity contribution in [2.75, 3.05) is 0 Å². The van der Waals surface area contributed by atoms with Gasteiger partial charge in [0.2, 0.25) is 0 Å². The summed E-state index contributed by atoms with van der Waals surface area (Å²) in [5.74, 6) is 0.103. The molecule has 1 saturated carbocycles. The number of ether oxygens (including phenoxy) is 1. The number of hydrogen-bond donors (Lipinski definition) is 0. The fraction of sp³-hybridized carbons (Fsp3) is 0.278. The van der Waals surface area contributed by atoms with Gasteiger partial charge in [-0.2, -0.15) is 10.2 Å². The molecule has 6 heteroatoms. The molecular weight excluding hydrogens is 304 g/mol. The third-order valence-corrected chi connectivity index (χ3v) is 4.33. The molecule has 0 amide bonds. The molecule has 2 atom stereocenters. The van der Waals surface area contributed by atoms with E-state index in [0.29, 0.717) is 6.61 Å². The summed E-state index contributed by atoms with van der Waals surface area (Å²) in [5.41, 5.74) is 3.06. The number of carbonyl (C=O) groups excluding carboxylic acids is 1. The van der Waals surface area contributed by atoms with Gasteiger partial charge < -0.3 is 4.74 Å². The zero-order valence-electron chi connectivity index (χ0n) is 13.4. The number of rotatable bonds is 5. The van der Waals surface area contributed by atoms with Crippen molar-refractivity contribution in [3.63, 3.8) is 0 Å². The smallest absolute Gasteiger partial charge is 0.309 e. The summed E-state index contributed by atoms with van der Waals surface area (Å²) in [7, 11) is 1.88. The van der Waals surface area contributed by atoms with Gasteiger partial charge in [-0.1, -0.05) is 12.1 Å². The largest absolute Gasteiger partial charge is 0.461 e. The first kappa shape index (κ1) is 14.7. The van der Waals surface area contributed by atoms with Crippen molar-refractivity contribution in [1.29, 1.82) is 0 Å². The average Bonchev–Trinajstić information content (AvgIpc) is 3.00. The van der Waals surface area contributed by atoms with E-state index in [1.165, 1.54) is 0 Å². The van der Waals surface area contributed by atoms with Gasteiger partial charge in [-0.3, -0.25) is 9.48 Å². The number of aromatic nitrogens is 4. The fourth-order valence-corrected chi connectivity index (χ4v) is 2.88. The molecule has 0 aliphatic heterocycles. The van der Waals surface area contributed by atoms with Crippen molar-refractivity contribution in [1.82, 2.24) is 19.6 Å². The minimum Gasteiger partial charge on any atom is -0.461 e. The van der Waals surface area contributed by atoms with E-state index in [0.717, 1.165) is 23.2 Å². The van der Waals surface area contributed by atoms with Crippen LogP contribution in [0.3, 0.4) is 0 Å². The van der Waals surface area contributed by atoms with Gasteiger partial charge in [-0.25, -0.2) is 4.68 Å². The minimum absolute atomic E-state index is 0.0300. The third kappa shape index (κ3) is 2.95. The lowest BCUT2D eigenvalue weighted by atomic mass is 10.2. The second kappa shape index (κ2) is 5.96. The molecule has 122 valence electrons. The van der Waals surface area contributed by atoms with Crippen molar-refractivity contribution < 1.29 is 9.53 Å². The summed E-state index contributed by atoms with van der Waals surface area (Å²) in [5, 5.41) is 8.34. The van der Waals surface area contributed by atoms with Crippen LogP contribution in [-0.4, -0.2) is 25.5 Å². The third-order valence-electron chi connectivity index (χ3n) is 4.33. The van der Waals surface area contributed by atoms with Crippen molar-refractivity contribution in [2.45, 2.75) is 18.9 Å². The number of aryl methyl sites for hydroxylation is 1. The van der Waals surface area contributed by atoms with Gasteiger partial charge in [0.15, 0.2) is 0 Å². The molecule has 1 aliphatic carbocycles. The Morgan fingerprint density at radius 2 is 2.12 bits per heavy atom. The van der Waals surface area contributed by atoms with E-state index >= 15 is 0 Å². The lowest BCUT2D eigenvalue weighted by Crippen LogP contribution is -2.08. The first-order valence-corrected chi connectivity index (χ1v) is 7.95. The summed E-state index contributed by atoms with van der Waals surface area (Å²) in [6.07, 6.45) is 8.27. The highest BCUT2D eigenvalue weighted by molar-refractivity contribution is 5.77. The summed E-state index contributed by atoms with van der Waals surface area (Å²) in [6, 6.07) is 9.72. The van der Waals surface area contributed by atoms with E-state index in [-0.39, 0.29) is 17.8 Å². The molecule has 2 aromatic heterocycles. The summed E-state index contributed by atoms with van der Waals surface area (Å²) >= 11 is 0. The second-order valence-corrected chi connectivity index (χ2v) is 6.12. The molecule has 0 spiro atoms. The molecule has 3 aromatic rings. The fourth-order valence-electron chi connectivity index (χ4n) is 2.88. The van der Waals surface area contributed by atoms with E-state index in [4.69, 9.17) is 4.74 Å². The van der Waals surface area contributed by atoms with Gasteiger partial charge in [-0.05, 0) is 35.7 Å². The Balaban J connectivity index is 1.31. The minimum atomic E-state index is -0.125. The molecule has 0 unspecified atom stereocenters. The quantitative estimate of drug-likeness (QED) is 0.677. The van der Waals surface area contributed by atoms with Crippen LogP contribution in [-0.2, 0) is 23.2 Å². The number of benzene rings is 1. The predicted octanol–water partition coefficient (Wildman–Crippen LogP) is 2.45. The normalized spacial score (nSPS) is 19.2. The maximum Gasteiger partial charge on any atom is 0.309 e. The van der Waals surface area contributed by atoms with Crippen molar-refractivity contribution in [3.8, 4) is 5.69 Å². The van der Waals surface area contributed by atoms with E-state index in [9.17, 15) is 4.79 Å². The van der Waals surface area contributed by atoms with Crippen molar-refractivity contribution in [3.05, 3.63) is 66.2 Å². The summed E-state index contributed by atoms with van der Waals surface area (Å²) in [6.45, 7) is 0.300.